The van der Waals surface area contributed by atoms with Crippen molar-refractivity contribution in [1.82, 2.24) is 0 Å². The van der Waals surface area contributed by atoms with Crippen molar-refractivity contribution in [1.29, 1.82) is 0 Å². The van der Waals surface area contributed by atoms with Crippen LogP contribution in [0.4, 0.5) is 20.2 Å². The van der Waals surface area contributed by atoms with Crippen LogP contribution in [0, 0.1) is 11.8 Å². The van der Waals surface area contributed by atoms with Gasteiger partial charge in [0.15, 0.2) is 0 Å². The lowest BCUT2D eigenvalue weighted by Crippen LogP contribution is -2.37. The van der Waals surface area contributed by atoms with Crippen LogP contribution in [0.2, 0.25) is 0 Å². The molecule has 0 bridgehead atoms. The number of carbonyl (C=O) groups is 1. The van der Waals surface area contributed by atoms with Crippen molar-refractivity contribution in [2.24, 2.45) is 11.8 Å². The summed E-state index contributed by atoms with van der Waals surface area (Å²) in [7, 11) is 0. The molecule has 0 saturated heterocycles. The molecule has 36 heavy (non-hydrogen) atoms. The van der Waals surface area contributed by atoms with Crippen molar-refractivity contribution in [2.75, 3.05) is 11.5 Å². The van der Waals surface area contributed by atoms with Gasteiger partial charge in [-0.05, 0) is 67.5 Å². The average molecular weight is 501 g/mol. The lowest BCUT2D eigenvalue weighted by atomic mass is 9.79. The molecule has 5 nitrogen and oxygen atoms in total. The second-order valence-electron chi connectivity index (χ2n) is 9.70. The van der Waals surface area contributed by atoms with Crippen molar-refractivity contribution in [3.8, 4) is 5.75 Å². The van der Waals surface area contributed by atoms with Crippen molar-refractivity contribution in [3.63, 3.8) is 0 Å². The molecule has 196 valence electrons. The number of alkyl halides is 2. The molecule has 0 atom stereocenters. The second kappa shape index (κ2) is 13.3. The van der Waals surface area contributed by atoms with Crippen LogP contribution in [-0.2, 0) is 16.1 Å². The molecule has 1 fully saturated rings. The first-order chi connectivity index (χ1) is 17.3. The summed E-state index contributed by atoms with van der Waals surface area (Å²) in [6, 6.07) is 11.2. The molecule has 3 rings (SSSR count). The molecule has 1 aliphatic carbocycles. The number of hydrogen-bond donors (Lipinski definition) is 2. The minimum atomic E-state index is -3.20. The Balaban J connectivity index is 1.44. The van der Waals surface area contributed by atoms with E-state index in [0.717, 1.165) is 19.3 Å². The highest BCUT2D eigenvalue weighted by Crippen LogP contribution is 2.41. The van der Waals surface area contributed by atoms with Gasteiger partial charge in [-0.2, -0.15) is 8.78 Å². The third-order valence-electron chi connectivity index (χ3n) is 6.87. The van der Waals surface area contributed by atoms with E-state index >= 15 is 0 Å². The lowest BCUT2D eigenvalue weighted by Gasteiger charge is -2.33. The van der Waals surface area contributed by atoms with Crippen LogP contribution in [0.5, 0.6) is 5.75 Å². The molecular formula is C29H38F2N2O3. The first kappa shape index (κ1) is 27.5. The van der Waals surface area contributed by atoms with Crippen LogP contribution >= 0.6 is 0 Å². The number of esters is 1. The van der Waals surface area contributed by atoms with Crippen LogP contribution in [-0.4, -0.2) is 12.1 Å². The number of carbonyl (C=O) groups excluding carboxylic acids is 1. The molecule has 2 aromatic carbocycles. The molecule has 0 aromatic heterocycles. The van der Waals surface area contributed by atoms with Gasteiger partial charge in [-0.3, -0.25) is 0 Å². The van der Waals surface area contributed by atoms with Crippen LogP contribution in [0.25, 0.3) is 6.08 Å². The number of hydrogen-bond acceptors (Lipinski definition) is 5. The number of ether oxygens (including phenoxy) is 2. The average Bonchev–Trinajstić information content (AvgIpc) is 2.86. The van der Waals surface area contributed by atoms with E-state index in [-0.39, 0.29) is 12.4 Å². The van der Waals surface area contributed by atoms with E-state index in [2.05, 4.69) is 6.92 Å². The highest BCUT2D eigenvalue weighted by Gasteiger charge is 2.43. The van der Waals surface area contributed by atoms with Crippen LogP contribution in [0.1, 0.15) is 75.8 Å². The van der Waals surface area contributed by atoms with Crippen molar-refractivity contribution < 1.29 is 23.0 Å². The Bertz CT molecular complexity index is 1000. The third-order valence-corrected chi connectivity index (χ3v) is 6.87. The Labute approximate surface area is 212 Å². The fourth-order valence-electron chi connectivity index (χ4n) is 4.64. The summed E-state index contributed by atoms with van der Waals surface area (Å²) in [5, 5.41) is 0. The normalized spacial score (nSPS) is 18.3. The van der Waals surface area contributed by atoms with Gasteiger partial charge in [0, 0.05) is 23.0 Å². The van der Waals surface area contributed by atoms with E-state index in [4.69, 9.17) is 20.9 Å². The van der Waals surface area contributed by atoms with Crippen LogP contribution < -0.4 is 16.2 Å². The minimum absolute atomic E-state index is 0.0257. The Kier molecular flexibility index (Phi) is 10.1. The molecular weight excluding hydrogens is 462 g/mol. The van der Waals surface area contributed by atoms with Crippen molar-refractivity contribution in [2.45, 2.75) is 77.4 Å². The summed E-state index contributed by atoms with van der Waals surface area (Å²) < 4.78 is 39.9. The summed E-state index contributed by atoms with van der Waals surface area (Å²) in [6.07, 6.45) is 8.37. The number of anilines is 2. The maximum absolute atomic E-state index is 14.8. The smallest absolute Gasteiger partial charge is 0.400 e. The number of nitrogen functional groups attached to an aromatic ring is 2. The molecule has 0 aliphatic heterocycles. The second-order valence-corrected chi connectivity index (χ2v) is 9.70. The molecule has 0 heterocycles. The van der Waals surface area contributed by atoms with Gasteiger partial charge in [-0.15, -0.1) is 0 Å². The third kappa shape index (κ3) is 8.54. The molecule has 1 saturated carbocycles. The predicted octanol–water partition coefficient (Wildman–Crippen LogP) is 7.36. The van der Waals surface area contributed by atoms with Crippen molar-refractivity contribution >= 4 is 23.4 Å². The van der Waals surface area contributed by atoms with Gasteiger partial charge in [-0.1, -0.05) is 57.2 Å². The summed E-state index contributed by atoms with van der Waals surface area (Å²) >= 11 is 0. The van der Waals surface area contributed by atoms with Gasteiger partial charge in [-0.25, -0.2) is 4.79 Å². The monoisotopic (exact) mass is 500 g/mol. The van der Waals surface area contributed by atoms with Crippen molar-refractivity contribution in [3.05, 3.63) is 59.7 Å². The lowest BCUT2D eigenvalue weighted by molar-refractivity contribution is -0.223. The Morgan fingerprint density at radius 1 is 1.03 bits per heavy atom. The van der Waals surface area contributed by atoms with E-state index in [0.29, 0.717) is 41.3 Å². The van der Waals surface area contributed by atoms with Gasteiger partial charge in [0.25, 0.3) is 0 Å². The van der Waals surface area contributed by atoms with Gasteiger partial charge < -0.3 is 20.9 Å². The fourth-order valence-corrected chi connectivity index (χ4v) is 4.64. The Hall–Kier alpha value is -3.09. The summed E-state index contributed by atoms with van der Waals surface area (Å²) in [5.41, 5.74) is 13.8. The predicted molar refractivity (Wildman–Crippen MR) is 140 cm³/mol. The maximum Gasteiger partial charge on any atom is 0.400 e. The first-order valence-corrected chi connectivity index (χ1v) is 12.9. The minimum Gasteiger partial charge on any atom is -0.458 e. The molecule has 0 unspecified atom stereocenters. The SMILES string of the molecule is CCCCCCC1CCC(C(F)(F)Oc2ccc(/C=C/C(=O)OCc3ccc(N)cc3N)cc2)CC1. The van der Waals surface area contributed by atoms with Gasteiger partial charge in [0.2, 0.25) is 0 Å². The fraction of sp³-hybridized carbons (Fsp3) is 0.483. The first-order valence-electron chi connectivity index (χ1n) is 12.9. The van der Waals surface area contributed by atoms with Crippen LogP contribution in [0.15, 0.2) is 48.5 Å². The van der Waals surface area contributed by atoms with E-state index in [1.807, 2.05) is 0 Å². The zero-order valence-electron chi connectivity index (χ0n) is 21.1. The summed E-state index contributed by atoms with van der Waals surface area (Å²) in [4.78, 5) is 12.0. The molecule has 0 amide bonds. The number of rotatable bonds is 12. The molecule has 2 aromatic rings. The standard InChI is InChI=1S/C29H38F2N2O3/c1-2-3-4-5-6-21-7-13-24(14-8-21)29(30,31)36-26-16-9-22(10-17-26)11-18-28(34)35-20-23-12-15-25(32)19-27(23)33/h9-12,15-19,21,24H,2-8,13-14,20,32-33H2,1H3/b18-11+. The Morgan fingerprint density at radius 2 is 1.75 bits per heavy atom. The van der Waals surface area contributed by atoms with E-state index < -0.39 is 18.0 Å². The molecule has 1 aliphatic rings. The van der Waals surface area contributed by atoms with Gasteiger partial charge >= 0.3 is 12.1 Å². The molecule has 7 heteroatoms. The number of halogens is 2. The van der Waals surface area contributed by atoms with E-state index in [1.54, 1.807) is 36.4 Å². The highest BCUT2D eigenvalue weighted by atomic mass is 19.3. The molecule has 0 radical (unpaired) electrons. The van der Waals surface area contributed by atoms with Gasteiger partial charge in [0.1, 0.15) is 12.4 Å². The van der Waals surface area contributed by atoms with E-state index in [9.17, 15) is 13.6 Å². The summed E-state index contributed by atoms with van der Waals surface area (Å²) in [6.45, 7) is 2.22. The molecule has 0 spiro atoms. The highest BCUT2D eigenvalue weighted by molar-refractivity contribution is 5.87. The Morgan fingerprint density at radius 3 is 2.42 bits per heavy atom. The quantitative estimate of drug-likeness (QED) is 0.138. The topological polar surface area (TPSA) is 87.6 Å². The number of benzene rings is 2. The van der Waals surface area contributed by atoms with Gasteiger partial charge in [0.05, 0.1) is 5.92 Å². The zero-order chi connectivity index (χ0) is 26.0. The maximum atomic E-state index is 14.8. The number of unbranched alkanes of at least 4 members (excludes halogenated alkanes) is 3. The van der Waals surface area contributed by atoms with Crippen LogP contribution in [0.3, 0.4) is 0 Å². The number of nitrogens with two attached hydrogens (primary N) is 2. The largest absolute Gasteiger partial charge is 0.458 e. The molecule has 4 N–H and O–H groups in total. The summed E-state index contributed by atoms with van der Waals surface area (Å²) in [5.74, 6) is -0.622. The zero-order valence-corrected chi connectivity index (χ0v) is 21.1. The van der Waals surface area contributed by atoms with E-state index in [1.165, 1.54) is 43.9 Å².